The number of benzene rings is 1. The Bertz CT molecular complexity index is 1040. The van der Waals surface area contributed by atoms with E-state index in [1.807, 2.05) is 19.1 Å². The molecule has 28 heavy (non-hydrogen) atoms. The average Bonchev–Trinajstić information content (AvgIpc) is 3.23. The van der Waals surface area contributed by atoms with Gasteiger partial charge >= 0.3 is 0 Å². The van der Waals surface area contributed by atoms with Crippen LogP contribution in [0.25, 0.3) is 11.6 Å². The molecule has 3 aromatic rings. The molecule has 0 spiro atoms. The molecule has 1 aliphatic rings. The Morgan fingerprint density at radius 1 is 1.25 bits per heavy atom. The molecule has 0 saturated carbocycles. The molecule has 1 aromatic carbocycles. The minimum atomic E-state index is -0.0890. The fourth-order valence-electron chi connectivity index (χ4n) is 3.76. The standard InChI is InChI=1S/C21H23N3O4/c1-13-17(26-2)7-6-14(19(13)27-3)11-24-9-8-15-16(12-24)22-20(23-21(15)25)18-5-4-10-28-18/h4-7,10H,8-9,11-12H2,1-3H3,(H,22,23,25). The summed E-state index contributed by atoms with van der Waals surface area (Å²) in [5.41, 5.74) is 3.53. The minimum Gasteiger partial charge on any atom is -0.496 e. The molecule has 7 nitrogen and oxygen atoms in total. The summed E-state index contributed by atoms with van der Waals surface area (Å²) in [5, 5.41) is 0. The smallest absolute Gasteiger partial charge is 0.254 e. The molecule has 1 N–H and O–H groups in total. The predicted octanol–water partition coefficient (Wildman–Crippen LogP) is 2.91. The molecular formula is C21H23N3O4. The van der Waals surface area contributed by atoms with Crippen molar-refractivity contribution in [3.8, 4) is 23.1 Å². The molecule has 0 atom stereocenters. The molecule has 7 heteroatoms. The highest BCUT2D eigenvalue weighted by atomic mass is 16.5. The zero-order chi connectivity index (χ0) is 19.7. The Morgan fingerprint density at radius 2 is 2.11 bits per heavy atom. The van der Waals surface area contributed by atoms with Gasteiger partial charge < -0.3 is 18.9 Å². The van der Waals surface area contributed by atoms with E-state index in [4.69, 9.17) is 13.9 Å². The Labute approximate surface area is 162 Å². The van der Waals surface area contributed by atoms with Gasteiger partial charge in [0.15, 0.2) is 11.6 Å². The summed E-state index contributed by atoms with van der Waals surface area (Å²) >= 11 is 0. The quantitative estimate of drug-likeness (QED) is 0.732. The summed E-state index contributed by atoms with van der Waals surface area (Å²) in [6, 6.07) is 7.55. The number of fused-ring (bicyclic) bond motifs is 1. The van der Waals surface area contributed by atoms with E-state index in [9.17, 15) is 4.79 Å². The second-order valence-corrected chi connectivity index (χ2v) is 6.86. The molecule has 2 aromatic heterocycles. The van der Waals surface area contributed by atoms with E-state index in [2.05, 4.69) is 14.9 Å². The first-order valence-electron chi connectivity index (χ1n) is 9.19. The summed E-state index contributed by atoms with van der Waals surface area (Å²) < 4.78 is 16.4. The maximum Gasteiger partial charge on any atom is 0.254 e. The van der Waals surface area contributed by atoms with Crippen molar-refractivity contribution in [3.63, 3.8) is 0 Å². The summed E-state index contributed by atoms with van der Waals surface area (Å²) in [6.45, 7) is 4.08. The van der Waals surface area contributed by atoms with Gasteiger partial charge in [0.1, 0.15) is 11.5 Å². The van der Waals surface area contributed by atoms with Gasteiger partial charge in [-0.15, -0.1) is 0 Å². The van der Waals surface area contributed by atoms with Crippen LogP contribution in [0.3, 0.4) is 0 Å². The number of aromatic amines is 1. The maximum absolute atomic E-state index is 12.5. The van der Waals surface area contributed by atoms with Gasteiger partial charge in [0.05, 0.1) is 26.2 Å². The van der Waals surface area contributed by atoms with Crippen molar-refractivity contribution in [3.05, 3.63) is 63.3 Å². The number of furan rings is 1. The summed E-state index contributed by atoms with van der Waals surface area (Å²) in [7, 11) is 3.33. The number of nitrogens with zero attached hydrogens (tertiary/aromatic N) is 2. The summed E-state index contributed by atoms with van der Waals surface area (Å²) in [5.74, 6) is 2.67. The number of H-pyrrole nitrogens is 1. The molecule has 0 amide bonds. The lowest BCUT2D eigenvalue weighted by Crippen LogP contribution is -2.35. The van der Waals surface area contributed by atoms with Crippen molar-refractivity contribution in [1.29, 1.82) is 0 Å². The first kappa shape index (κ1) is 18.3. The largest absolute Gasteiger partial charge is 0.496 e. The third-order valence-corrected chi connectivity index (χ3v) is 5.16. The second kappa shape index (κ2) is 7.52. The number of nitrogens with one attached hydrogen (secondary N) is 1. The van der Waals surface area contributed by atoms with Crippen molar-refractivity contribution in [2.24, 2.45) is 0 Å². The number of hydrogen-bond donors (Lipinski definition) is 1. The molecule has 1 aliphatic heterocycles. The highest BCUT2D eigenvalue weighted by molar-refractivity contribution is 5.49. The van der Waals surface area contributed by atoms with Crippen molar-refractivity contribution in [1.82, 2.24) is 14.9 Å². The van der Waals surface area contributed by atoms with Crippen molar-refractivity contribution in [2.75, 3.05) is 20.8 Å². The minimum absolute atomic E-state index is 0.0890. The van der Waals surface area contributed by atoms with Crippen molar-refractivity contribution >= 4 is 0 Å². The van der Waals surface area contributed by atoms with Crippen molar-refractivity contribution < 1.29 is 13.9 Å². The van der Waals surface area contributed by atoms with Gasteiger partial charge in [0, 0.05) is 36.3 Å². The van der Waals surface area contributed by atoms with Gasteiger partial charge in [-0.25, -0.2) is 4.98 Å². The van der Waals surface area contributed by atoms with Gasteiger partial charge in [-0.2, -0.15) is 0 Å². The Balaban J connectivity index is 1.61. The van der Waals surface area contributed by atoms with Crippen LogP contribution in [0.5, 0.6) is 11.5 Å². The monoisotopic (exact) mass is 381 g/mol. The average molecular weight is 381 g/mol. The molecule has 0 radical (unpaired) electrons. The molecular weight excluding hydrogens is 358 g/mol. The zero-order valence-corrected chi connectivity index (χ0v) is 16.2. The zero-order valence-electron chi connectivity index (χ0n) is 16.2. The maximum atomic E-state index is 12.5. The lowest BCUT2D eigenvalue weighted by molar-refractivity contribution is 0.236. The number of aromatic nitrogens is 2. The van der Waals surface area contributed by atoms with Crippen LogP contribution in [-0.4, -0.2) is 35.6 Å². The molecule has 0 unspecified atom stereocenters. The van der Waals surface area contributed by atoms with E-state index >= 15 is 0 Å². The van der Waals surface area contributed by atoms with Crippen LogP contribution in [0.15, 0.2) is 39.7 Å². The van der Waals surface area contributed by atoms with E-state index in [0.717, 1.165) is 40.4 Å². The van der Waals surface area contributed by atoms with E-state index in [1.165, 1.54) is 0 Å². The Hall–Kier alpha value is -3.06. The van der Waals surface area contributed by atoms with E-state index in [1.54, 1.807) is 32.6 Å². The molecule has 4 rings (SSSR count). The number of hydrogen-bond acceptors (Lipinski definition) is 6. The van der Waals surface area contributed by atoms with Crippen LogP contribution < -0.4 is 15.0 Å². The lowest BCUT2D eigenvalue weighted by Gasteiger charge is -2.28. The summed E-state index contributed by atoms with van der Waals surface area (Å²) in [4.78, 5) is 22.2. The van der Waals surface area contributed by atoms with E-state index < -0.39 is 0 Å². The SMILES string of the molecule is COc1ccc(CN2CCc3c(nc(-c4ccco4)[nH]c3=O)C2)c(OC)c1C. The highest BCUT2D eigenvalue weighted by Gasteiger charge is 2.23. The Kier molecular flexibility index (Phi) is 4.92. The van der Waals surface area contributed by atoms with Gasteiger partial charge in [0.2, 0.25) is 0 Å². The van der Waals surface area contributed by atoms with Gasteiger partial charge in [0.25, 0.3) is 5.56 Å². The fourth-order valence-corrected chi connectivity index (χ4v) is 3.76. The second-order valence-electron chi connectivity index (χ2n) is 6.86. The normalized spacial score (nSPS) is 14.0. The molecule has 3 heterocycles. The van der Waals surface area contributed by atoms with Crippen molar-refractivity contribution in [2.45, 2.75) is 26.4 Å². The third-order valence-electron chi connectivity index (χ3n) is 5.16. The Morgan fingerprint density at radius 3 is 2.82 bits per heavy atom. The van der Waals surface area contributed by atoms with Gasteiger partial charge in [-0.3, -0.25) is 9.69 Å². The predicted molar refractivity (Wildman–Crippen MR) is 105 cm³/mol. The van der Waals surface area contributed by atoms with Crippen LogP contribution in [0.1, 0.15) is 22.4 Å². The topological polar surface area (TPSA) is 80.6 Å². The van der Waals surface area contributed by atoms with Crippen LogP contribution in [0.4, 0.5) is 0 Å². The molecule has 146 valence electrons. The number of rotatable bonds is 5. The highest BCUT2D eigenvalue weighted by Crippen LogP contribution is 2.32. The number of ether oxygens (including phenoxy) is 2. The van der Waals surface area contributed by atoms with Crippen LogP contribution >= 0.6 is 0 Å². The molecule has 0 aliphatic carbocycles. The van der Waals surface area contributed by atoms with Crippen LogP contribution in [-0.2, 0) is 19.5 Å². The molecule has 0 saturated heterocycles. The van der Waals surface area contributed by atoms with E-state index in [0.29, 0.717) is 31.1 Å². The van der Waals surface area contributed by atoms with Gasteiger partial charge in [-0.1, -0.05) is 6.07 Å². The summed E-state index contributed by atoms with van der Waals surface area (Å²) in [6.07, 6.45) is 2.23. The lowest BCUT2D eigenvalue weighted by atomic mass is 10.0. The first-order valence-corrected chi connectivity index (χ1v) is 9.19. The molecule has 0 fully saturated rings. The molecule has 0 bridgehead atoms. The third kappa shape index (κ3) is 3.29. The van der Waals surface area contributed by atoms with Gasteiger partial charge in [-0.05, 0) is 31.5 Å². The van der Waals surface area contributed by atoms with Crippen LogP contribution in [0.2, 0.25) is 0 Å². The fraction of sp³-hybridized carbons (Fsp3) is 0.333. The number of methoxy groups -OCH3 is 2. The van der Waals surface area contributed by atoms with E-state index in [-0.39, 0.29) is 5.56 Å². The van der Waals surface area contributed by atoms with Crippen LogP contribution in [0, 0.1) is 6.92 Å². The first-order chi connectivity index (χ1) is 13.6.